The Morgan fingerprint density at radius 3 is 2.17 bits per heavy atom. The molecule has 284 valence electrons. The first kappa shape index (κ1) is 41.5. The molecule has 0 saturated heterocycles. The summed E-state index contributed by atoms with van der Waals surface area (Å²) < 4.78 is 12.6. The zero-order chi connectivity index (χ0) is 38.3. The number of nitrogens with two attached hydrogens (primary N) is 1. The number of halogens is 1. The van der Waals surface area contributed by atoms with Gasteiger partial charge in [-0.2, -0.15) is 0 Å². The Hall–Kier alpha value is -4.23. The molecule has 12 heteroatoms. The summed E-state index contributed by atoms with van der Waals surface area (Å²) in [6.45, 7) is 3.70. The molecule has 0 radical (unpaired) electrons. The van der Waals surface area contributed by atoms with Crippen LogP contribution in [0.4, 0.5) is 0 Å². The van der Waals surface area contributed by atoms with Crippen molar-refractivity contribution in [1.29, 1.82) is 0 Å². The monoisotopic (exact) mass is 764 g/mol. The van der Waals surface area contributed by atoms with Gasteiger partial charge in [-0.15, -0.1) is 11.3 Å². The smallest absolute Gasteiger partial charge is 0.335 e. The van der Waals surface area contributed by atoms with Crippen molar-refractivity contribution in [1.82, 2.24) is 5.32 Å². The number of fused-ring (bicyclic) bond motifs is 2. The second-order valence-electron chi connectivity index (χ2n) is 13.0. The SMILES string of the molecule is CNCCC(Oc1cccc2cc(C)ccc12)c1cc(Cl)cs1.NCCC(Oc1ccc2ccccc2c1)C1CCCC1.O=C(O)C(O)C(O)C(=O)O. The Morgan fingerprint density at radius 2 is 1.55 bits per heavy atom. The topological polar surface area (TPSA) is 172 Å². The van der Waals surface area contributed by atoms with E-state index in [1.165, 1.54) is 47.4 Å². The maximum absolute atomic E-state index is 9.77. The molecule has 5 aromatic rings. The first-order valence-corrected chi connectivity index (χ1v) is 19.0. The van der Waals surface area contributed by atoms with Crippen LogP contribution in [0.3, 0.4) is 0 Å². The van der Waals surface area contributed by atoms with Gasteiger partial charge < -0.3 is 41.0 Å². The summed E-state index contributed by atoms with van der Waals surface area (Å²) in [7, 11) is 1.96. The number of aliphatic hydroxyl groups excluding tert-OH is 2. The Kier molecular flexibility index (Phi) is 16.3. The van der Waals surface area contributed by atoms with Crippen molar-refractivity contribution in [2.24, 2.45) is 11.7 Å². The number of aliphatic hydroxyl groups is 2. The number of aliphatic carboxylic acids is 2. The van der Waals surface area contributed by atoms with Crippen LogP contribution >= 0.6 is 22.9 Å². The summed E-state index contributed by atoms with van der Waals surface area (Å²) in [5.41, 5.74) is 7.02. The summed E-state index contributed by atoms with van der Waals surface area (Å²) >= 11 is 7.74. The van der Waals surface area contributed by atoms with Gasteiger partial charge in [0, 0.05) is 22.1 Å². The number of hydrogen-bond donors (Lipinski definition) is 6. The van der Waals surface area contributed by atoms with Gasteiger partial charge in [0.15, 0.2) is 12.2 Å². The minimum atomic E-state index is -2.27. The van der Waals surface area contributed by atoms with E-state index in [1.54, 1.807) is 11.3 Å². The third-order valence-electron chi connectivity index (χ3n) is 9.02. The highest BCUT2D eigenvalue weighted by Crippen LogP contribution is 2.35. The molecular formula is C41H49ClN2O8S. The van der Waals surface area contributed by atoms with E-state index in [4.69, 9.17) is 47.2 Å². The molecule has 1 aliphatic rings. The lowest BCUT2D eigenvalue weighted by Gasteiger charge is -2.24. The molecule has 4 aromatic carbocycles. The second kappa shape index (κ2) is 20.9. The number of ether oxygens (including phenoxy) is 2. The molecule has 0 spiro atoms. The fourth-order valence-electron chi connectivity index (χ4n) is 6.23. The van der Waals surface area contributed by atoms with Gasteiger partial charge in [0.05, 0.1) is 5.02 Å². The highest BCUT2D eigenvalue weighted by molar-refractivity contribution is 7.10. The Balaban J connectivity index is 0.000000191. The van der Waals surface area contributed by atoms with Crippen molar-refractivity contribution in [3.63, 3.8) is 0 Å². The summed E-state index contributed by atoms with van der Waals surface area (Å²) in [4.78, 5) is 20.7. The molecule has 53 heavy (non-hydrogen) atoms. The average molecular weight is 765 g/mol. The third-order valence-corrected chi connectivity index (χ3v) is 10.4. The van der Waals surface area contributed by atoms with Crippen LogP contribution in [0.1, 0.15) is 55.1 Å². The van der Waals surface area contributed by atoms with Gasteiger partial charge in [-0.3, -0.25) is 0 Å². The molecule has 0 amide bonds. The normalized spacial score (nSPS) is 15.0. The predicted octanol–water partition coefficient (Wildman–Crippen LogP) is 7.60. The predicted molar refractivity (Wildman–Crippen MR) is 211 cm³/mol. The van der Waals surface area contributed by atoms with Gasteiger partial charge >= 0.3 is 11.9 Å². The van der Waals surface area contributed by atoms with Crippen LogP contribution in [-0.4, -0.2) is 70.8 Å². The van der Waals surface area contributed by atoms with Gasteiger partial charge in [-0.25, -0.2) is 9.59 Å². The van der Waals surface area contributed by atoms with Gasteiger partial charge in [-0.1, -0.05) is 90.7 Å². The van der Waals surface area contributed by atoms with Crippen molar-refractivity contribution in [2.45, 2.75) is 69.9 Å². The van der Waals surface area contributed by atoms with Crippen molar-refractivity contribution >= 4 is 56.4 Å². The molecule has 4 unspecified atom stereocenters. The molecule has 6 rings (SSSR count). The Morgan fingerprint density at radius 1 is 0.868 bits per heavy atom. The molecular weight excluding hydrogens is 716 g/mol. The van der Waals surface area contributed by atoms with Gasteiger partial charge in [0.25, 0.3) is 0 Å². The van der Waals surface area contributed by atoms with E-state index in [-0.39, 0.29) is 12.2 Å². The molecule has 1 aliphatic carbocycles. The van der Waals surface area contributed by atoms with Crippen LogP contribution in [0.15, 0.2) is 90.3 Å². The maximum Gasteiger partial charge on any atom is 0.335 e. The number of carbonyl (C=O) groups is 2. The number of carboxylic acids is 2. The summed E-state index contributed by atoms with van der Waals surface area (Å²) in [6, 6.07) is 29.4. The molecule has 4 atom stereocenters. The second-order valence-corrected chi connectivity index (χ2v) is 14.4. The van der Waals surface area contributed by atoms with E-state index in [9.17, 15) is 9.59 Å². The zero-order valence-electron chi connectivity index (χ0n) is 30.0. The fourth-order valence-corrected chi connectivity index (χ4v) is 7.38. The minimum Gasteiger partial charge on any atom is -0.490 e. The fraction of sp³-hybridized carbons (Fsp3) is 0.366. The third kappa shape index (κ3) is 12.4. The number of thiophene rings is 1. The number of rotatable bonds is 14. The first-order valence-electron chi connectivity index (χ1n) is 17.7. The summed E-state index contributed by atoms with van der Waals surface area (Å²) in [6.07, 6.45) is 2.87. The number of carboxylic acid groups (broad SMARTS) is 2. The molecule has 1 heterocycles. The van der Waals surface area contributed by atoms with Crippen LogP contribution in [-0.2, 0) is 9.59 Å². The van der Waals surface area contributed by atoms with E-state index in [0.717, 1.165) is 46.2 Å². The lowest BCUT2D eigenvalue weighted by molar-refractivity contribution is -0.165. The minimum absolute atomic E-state index is 0.00635. The molecule has 1 saturated carbocycles. The van der Waals surface area contributed by atoms with Crippen molar-refractivity contribution < 1.29 is 39.5 Å². The van der Waals surface area contributed by atoms with Crippen LogP contribution in [0.2, 0.25) is 5.02 Å². The van der Waals surface area contributed by atoms with Gasteiger partial charge in [0.1, 0.15) is 23.7 Å². The number of aryl methyl sites for hydroxylation is 1. The number of benzene rings is 4. The van der Waals surface area contributed by atoms with E-state index >= 15 is 0 Å². The Labute approximate surface area is 319 Å². The molecule has 0 bridgehead atoms. The van der Waals surface area contributed by atoms with Crippen molar-refractivity contribution in [3.05, 3.63) is 106 Å². The quantitative estimate of drug-likeness (QED) is 0.0662. The highest BCUT2D eigenvalue weighted by Gasteiger charge is 2.29. The Bertz CT molecular complexity index is 1900. The lowest BCUT2D eigenvalue weighted by atomic mass is 9.98. The van der Waals surface area contributed by atoms with Crippen LogP contribution in [0.5, 0.6) is 11.5 Å². The zero-order valence-corrected chi connectivity index (χ0v) is 31.6. The van der Waals surface area contributed by atoms with E-state index in [2.05, 4.69) is 79.0 Å². The number of hydrogen-bond acceptors (Lipinski definition) is 9. The van der Waals surface area contributed by atoms with Crippen molar-refractivity contribution in [3.8, 4) is 11.5 Å². The molecule has 1 fully saturated rings. The largest absolute Gasteiger partial charge is 0.490 e. The molecule has 7 N–H and O–H groups in total. The molecule has 0 aliphatic heterocycles. The maximum atomic E-state index is 9.77. The standard InChI is InChI=1S/C19H20ClNOS.C18H23NO.C4H6O6/c1-13-6-7-16-14(10-13)4-3-5-17(16)22-18(8-9-21-2)19-11-15(20)12-23-19;19-12-11-18(15-6-2-3-7-15)20-17-10-9-14-5-1-4-8-16(14)13-17;5-1(3(7)8)2(6)4(9)10/h3-7,10-12,18,21H,8-9H2,1-2H3;1,4-5,8-10,13,15,18H,2-3,6-7,11-12,19H2;1-2,5-6H,(H,7,8)(H,9,10). The summed E-state index contributed by atoms with van der Waals surface area (Å²) in [5.74, 6) is -0.947. The lowest BCUT2D eigenvalue weighted by Crippen LogP contribution is -2.39. The average Bonchev–Trinajstić information content (AvgIpc) is 3.85. The molecule has 1 aromatic heterocycles. The van der Waals surface area contributed by atoms with Crippen molar-refractivity contribution in [2.75, 3.05) is 20.1 Å². The van der Waals surface area contributed by atoms with Gasteiger partial charge in [0.2, 0.25) is 0 Å². The van der Waals surface area contributed by atoms with E-state index in [0.29, 0.717) is 12.5 Å². The summed E-state index contributed by atoms with van der Waals surface area (Å²) in [5, 5.41) is 43.3. The van der Waals surface area contributed by atoms with Crippen LogP contribution in [0.25, 0.3) is 21.5 Å². The van der Waals surface area contributed by atoms with E-state index < -0.39 is 24.1 Å². The highest BCUT2D eigenvalue weighted by atomic mass is 35.5. The van der Waals surface area contributed by atoms with E-state index in [1.807, 2.05) is 30.6 Å². The van der Waals surface area contributed by atoms with Gasteiger partial charge in [-0.05, 0) is 92.7 Å². The first-order chi connectivity index (χ1) is 25.5. The van der Waals surface area contributed by atoms with Crippen LogP contribution in [0, 0.1) is 12.8 Å². The number of nitrogens with one attached hydrogen (secondary N) is 1. The molecule has 10 nitrogen and oxygen atoms in total. The van der Waals surface area contributed by atoms with Crippen LogP contribution < -0.4 is 20.5 Å².